The lowest BCUT2D eigenvalue weighted by Gasteiger charge is -1.99. The largest absolute Gasteiger partial charge is 0.159 e. The maximum Gasteiger partial charge on any atom is 0.0568 e. The quantitative estimate of drug-likeness (QED) is 0.344. The van der Waals surface area contributed by atoms with Crippen LogP contribution in [0.25, 0.3) is 0 Å². The Bertz CT molecular complexity index is 677. The maximum absolute atomic E-state index is 4.13. The van der Waals surface area contributed by atoms with Gasteiger partial charge in [0.05, 0.1) is 12.4 Å². The van der Waals surface area contributed by atoms with Crippen LogP contribution in [-0.2, 0) is 12.8 Å². The Hall–Kier alpha value is -2.48. The maximum atomic E-state index is 4.13. The van der Waals surface area contributed by atoms with Gasteiger partial charge >= 0.3 is 0 Å². The normalized spacial score (nSPS) is 11.9. The van der Waals surface area contributed by atoms with Crippen LogP contribution in [0.2, 0.25) is 0 Å². The average molecular weight is 318 g/mol. The Labute approximate surface area is 145 Å². The van der Waals surface area contributed by atoms with Crippen molar-refractivity contribution in [3.63, 3.8) is 0 Å². The van der Waals surface area contributed by atoms with Crippen LogP contribution in [0.1, 0.15) is 48.9 Å². The molecule has 2 rings (SSSR count). The summed E-state index contributed by atoms with van der Waals surface area (Å²) in [4.78, 5) is 0. The third-order valence-electron chi connectivity index (χ3n) is 3.81. The molecule has 2 aromatic rings. The number of allylic oxidation sites excluding steroid dienone is 2. The van der Waals surface area contributed by atoms with Crippen molar-refractivity contribution in [1.29, 1.82) is 0 Å². The highest BCUT2D eigenvalue weighted by molar-refractivity contribution is 5.82. The molecule has 2 aromatic carbocycles. The third-order valence-corrected chi connectivity index (χ3v) is 3.81. The zero-order valence-corrected chi connectivity index (χ0v) is 14.7. The monoisotopic (exact) mass is 318 g/mol. The van der Waals surface area contributed by atoms with Crippen molar-refractivity contribution in [2.24, 2.45) is 10.2 Å². The first kappa shape index (κ1) is 17.9. The van der Waals surface area contributed by atoms with Crippen molar-refractivity contribution < 1.29 is 0 Å². The Balaban J connectivity index is 1.86. The minimum atomic E-state index is 1.07. The molecule has 0 bridgehead atoms. The molecule has 0 amide bonds. The first-order chi connectivity index (χ1) is 11.8. The van der Waals surface area contributed by atoms with Gasteiger partial charge in [0.1, 0.15) is 0 Å². The second-order valence-corrected chi connectivity index (χ2v) is 5.83. The minimum absolute atomic E-state index is 1.07. The number of hydrogen-bond donors (Lipinski definition) is 0. The summed E-state index contributed by atoms with van der Waals surface area (Å²) in [6.07, 6.45) is 12.3. The molecule has 24 heavy (non-hydrogen) atoms. The highest BCUT2D eigenvalue weighted by atomic mass is 15.2. The lowest BCUT2D eigenvalue weighted by atomic mass is 10.1. The molecule has 0 N–H and O–H groups in total. The SMILES string of the molecule is CC=CCCc1ccc(C=NN=Cc2ccc(CCC)cc2)cc1. The molecule has 0 unspecified atom stereocenters. The number of nitrogens with zero attached hydrogens (tertiary/aromatic N) is 2. The van der Waals surface area contributed by atoms with E-state index in [-0.39, 0.29) is 0 Å². The van der Waals surface area contributed by atoms with Gasteiger partial charge in [0.25, 0.3) is 0 Å². The fraction of sp³-hybridized carbons (Fsp3) is 0.273. The fourth-order valence-corrected chi connectivity index (χ4v) is 2.45. The molecular weight excluding hydrogens is 292 g/mol. The molecular formula is C22H26N2. The van der Waals surface area contributed by atoms with Gasteiger partial charge in [-0.15, -0.1) is 0 Å². The van der Waals surface area contributed by atoms with Crippen LogP contribution in [-0.4, -0.2) is 12.4 Å². The van der Waals surface area contributed by atoms with Gasteiger partial charge in [-0.2, -0.15) is 10.2 Å². The van der Waals surface area contributed by atoms with Gasteiger partial charge in [-0.1, -0.05) is 74.0 Å². The van der Waals surface area contributed by atoms with E-state index < -0.39 is 0 Å². The summed E-state index contributed by atoms with van der Waals surface area (Å²) in [7, 11) is 0. The second-order valence-electron chi connectivity index (χ2n) is 5.83. The Morgan fingerprint density at radius 1 is 0.750 bits per heavy atom. The molecule has 0 fully saturated rings. The van der Waals surface area contributed by atoms with Gasteiger partial charge in [-0.3, -0.25) is 0 Å². The molecule has 0 aliphatic carbocycles. The number of rotatable bonds is 8. The zero-order chi connectivity index (χ0) is 17.0. The molecule has 0 heterocycles. The molecule has 0 atom stereocenters. The molecule has 2 heteroatoms. The van der Waals surface area contributed by atoms with E-state index in [1.54, 1.807) is 12.4 Å². The molecule has 0 saturated carbocycles. The molecule has 0 aliphatic heterocycles. The van der Waals surface area contributed by atoms with Crippen molar-refractivity contribution in [1.82, 2.24) is 0 Å². The highest BCUT2D eigenvalue weighted by Gasteiger charge is 1.93. The highest BCUT2D eigenvalue weighted by Crippen LogP contribution is 2.07. The van der Waals surface area contributed by atoms with Crippen LogP contribution in [0.4, 0.5) is 0 Å². The summed E-state index contributed by atoms with van der Waals surface area (Å²) in [5, 5.41) is 8.26. The van der Waals surface area contributed by atoms with Gasteiger partial charge in [0.15, 0.2) is 0 Å². The van der Waals surface area contributed by atoms with E-state index in [0.29, 0.717) is 0 Å². The van der Waals surface area contributed by atoms with Crippen molar-refractivity contribution in [2.75, 3.05) is 0 Å². The predicted molar refractivity (Wildman–Crippen MR) is 105 cm³/mol. The van der Waals surface area contributed by atoms with Gasteiger partial charge in [0, 0.05) is 0 Å². The Morgan fingerprint density at radius 3 is 1.71 bits per heavy atom. The smallest absolute Gasteiger partial charge is 0.0568 e. The van der Waals surface area contributed by atoms with Gasteiger partial charge < -0.3 is 0 Å². The summed E-state index contributed by atoms with van der Waals surface area (Å²) < 4.78 is 0. The molecule has 0 aliphatic rings. The number of aryl methyl sites for hydroxylation is 2. The summed E-state index contributed by atoms with van der Waals surface area (Å²) in [5.74, 6) is 0. The number of benzene rings is 2. The van der Waals surface area contributed by atoms with Crippen molar-refractivity contribution in [2.45, 2.75) is 39.5 Å². The topological polar surface area (TPSA) is 24.7 Å². The average Bonchev–Trinajstić information content (AvgIpc) is 2.62. The van der Waals surface area contributed by atoms with Crippen molar-refractivity contribution in [3.8, 4) is 0 Å². The Kier molecular flexibility index (Phi) is 7.69. The minimum Gasteiger partial charge on any atom is -0.159 e. The zero-order valence-electron chi connectivity index (χ0n) is 14.7. The van der Waals surface area contributed by atoms with E-state index >= 15 is 0 Å². The van der Waals surface area contributed by atoms with Crippen LogP contribution in [0.3, 0.4) is 0 Å². The van der Waals surface area contributed by atoms with Gasteiger partial charge in [0.2, 0.25) is 0 Å². The lowest BCUT2D eigenvalue weighted by Crippen LogP contribution is -1.86. The molecule has 124 valence electrons. The van der Waals surface area contributed by atoms with E-state index in [0.717, 1.165) is 30.4 Å². The van der Waals surface area contributed by atoms with E-state index in [9.17, 15) is 0 Å². The molecule has 0 saturated heterocycles. The predicted octanol–water partition coefficient (Wildman–Crippen LogP) is 5.60. The molecule has 2 nitrogen and oxygen atoms in total. The van der Waals surface area contributed by atoms with Gasteiger partial charge in [-0.05, 0) is 48.4 Å². The van der Waals surface area contributed by atoms with Gasteiger partial charge in [-0.25, -0.2) is 0 Å². The summed E-state index contributed by atoms with van der Waals surface area (Å²) in [6.45, 7) is 4.25. The lowest BCUT2D eigenvalue weighted by molar-refractivity contribution is 0.922. The van der Waals surface area contributed by atoms with E-state index in [2.05, 4.69) is 84.7 Å². The first-order valence-electron chi connectivity index (χ1n) is 8.67. The van der Waals surface area contributed by atoms with Crippen molar-refractivity contribution in [3.05, 3.63) is 82.9 Å². The fourth-order valence-electron chi connectivity index (χ4n) is 2.45. The number of hydrogen-bond acceptors (Lipinski definition) is 2. The van der Waals surface area contributed by atoms with Crippen LogP contribution in [0.5, 0.6) is 0 Å². The van der Waals surface area contributed by atoms with Crippen LogP contribution in [0, 0.1) is 0 Å². The van der Waals surface area contributed by atoms with Crippen molar-refractivity contribution >= 4 is 12.4 Å². The summed E-state index contributed by atoms with van der Waals surface area (Å²) in [5.41, 5.74) is 4.86. The van der Waals surface area contributed by atoms with Crippen LogP contribution < -0.4 is 0 Å². The van der Waals surface area contributed by atoms with Crippen LogP contribution >= 0.6 is 0 Å². The molecule has 0 spiro atoms. The second kappa shape index (κ2) is 10.3. The van der Waals surface area contributed by atoms with E-state index in [4.69, 9.17) is 0 Å². The summed E-state index contributed by atoms with van der Waals surface area (Å²) >= 11 is 0. The standard InChI is InChI=1S/C22H26N2/c1-3-5-6-8-20-11-15-22(16-12-20)18-24-23-17-21-13-9-19(7-4-2)10-14-21/h3,5,9-18H,4,6-8H2,1-2H3. The van der Waals surface area contributed by atoms with E-state index in [1.807, 2.05) is 0 Å². The Morgan fingerprint density at radius 2 is 1.25 bits per heavy atom. The summed E-state index contributed by atoms with van der Waals surface area (Å²) in [6, 6.07) is 17.0. The first-order valence-corrected chi connectivity index (χ1v) is 8.67. The van der Waals surface area contributed by atoms with Crippen LogP contribution in [0.15, 0.2) is 70.9 Å². The van der Waals surface area contributed by atoms with E-state index in [1.165, 1.54) is 17.5 Å². The molecule has 0 radical (unpaired) electrons. The molecule has 0 aromatic heterocycles. The third kappa shape index (κ3) is 6.33.